The van der Waals surface area contributed by atoms with Gasteiger partial charge in [-0.25, -0.2) is 0 Å². The summed E-state index contributed by atoms with van der Waals surface area (Å²) in [5.74, 6) is 0.489. The number of allylic oxidation sites excluding steroid dienone is 1. The van der Waals surface area contributed by atoms with Crippen LogP contribution < -0.4 is 5.32 Å². The third kappa shape index (κ3) is 4.35. The summed E-state index contributed by atoms with van der Waals surface area (Å²) in [4.78, 5) is 0. The molecular weight excluding hydrogens is 186 g/mol. The van der Waals surface area contributed by atoms with Gasteiger partial charge in [0.15, 0.2) is 0 Å². The Hall–Kier alpha value is -0.340. The molecule has 3 atom stereocenters. The maximum Gasteiger partial charge on any atom is 0.0580 e. The monoisotopic (exact) mass is 211 g/mol. The second kappa shape index (κ2) is 7.02. The van der Waals surface area contributed by atoms with Gasteiger partial charge in [0, 0.05) is 12.6 Å². The van der Waals surface area contributed by atoms with Crippen LogP contribution in [0.15, 0.2) is 12.7 Å². The Kier molecular flexibility index (Phi) is 5.96. The van der Waals surface area contributed by atoms with Crippen molar-refractivity contribution in [1.82, 2.24) is 5.32 Å². The van der Waals surface area contributed by atoms with Crippen LogP contribution in [0.2, 0.25) is 0 Å². The van der Waals surface area contributed by atoms with Gasteiger partial charge in [0.25, 0.3) is 0 Å². The number of rotatable bonds is 7. The predicted molar refractivity (Wildman–Crippen MR) is 64.9 cm³/mol. The van der Waals surface area contributed by atoms with E-state index in [0.29, 0.717) is 12.0 Å². The van der Waals surface area contributed by atoms with E-state index < -0.39 is 0 Å². The molecule has 1 saturated carbocycles. The number of aliphatic hydroxyl groups excluding tert-OH is 1. The molecule has 2 heteroatoms. The average Bonchev–Trinajstić information content (AvgIpc) is 2.65. The molecule has 1 aliphatic carbocycles. The Balaban J connectivity index is 2.18. The maximum absolute atomic E-state index is 9.69. The van der Waals surface area contributed by atoms with Crippen molar-refractivity contribution in [3.05, 3.63) is 12.7 Å². The van der Waals surface area contributed by atoms with Gasteiger partial charge in [-0.3, -0.25) is 0 Å². The van der Waals surface area contributed by atoms with Crippen molar-refractivity contribution in [2.45, 2.75) is 57.6 Å². The lowest BCUT2D eigenvalue weighted by Crippen LogP contribution is -2.35. The highest BCUT2D eigenvalue weighted by Crippen LogP contribution is 2.24. The lowest BCUT2D eigenvalue weighted by Gasteiger charge is -2.21. The predicted octanol–water partition coefficient (Wildman–Crippen LogP) is 2.48. The highest BCUT2D eigenvalue weighted by Gasteiger charge is 2.25. The lowest BCUT2D eigenvalue weighted by atomic mass is 10.0. The van der Waals surface area contributed by atoms with Crippen molar-refractivity contribution in [2.75, 3.05) is 6.54 Å². The summed E-state index contributed by atoms with van der Waals surface area (Å²) < 4.78 is 0. The molecular formula is C13H25NO. The largest absolute Gasteiger partial charge is 0.393 e. The second-order valence-electron chi connectivity index (χ2n) is 4.64. The molecule has 15 heavy (non-hydrogen) atoms. The van der Waals surface area contributed by atoms with Crippen molar-refractivity contribution >= 4 is 0 Å². The van der Waals surface area contributed by atoms with E-state index in [9.17, 15) is 5.11 Å². The quantitative estimate of drug-likeness (QED) is 0.634. The van der Waals surface area contributed by atoms with Crippen LogP contribution in [0.5, 0.6) is 0 Å². The Morgan fingerprint density at radius 2 is 2.33 bits per heavy atom. The zero-order valence-corrected chi connectivity index (χ0v) is 9.91. The molecule has 2 nitrogen and oxygen atoms in total. The fraction of sp³-hybridized carbons (Fsp3) is 0.846. The van der Waals surface area contributed by atoms with Gasteiger partial charge < -0.3 is 10.4 Å². The molecule has 1 fully saturated rings. The minimum absolute atomic E-state index is 0.0607. The Morgan fingerprint density at radius 3 is 2.87 bits per heavy atom. The van der Waals surface area contributed by atoms with Crippen molar-refractivity contribution in [3.63, 3.8) is 0 Å². The fourth-order valence-corrected chi connectivity index (χ4v) is 2.34. The summed E-state index contributed by atoms with van der Waals surface area (Å²) in [6.45, 7) is 6.95. The van der Waals surface area contributed by atoms with Crippen LogP contribution in [0.25, 0.3) is 0 Å². The van der Waals surface area contributed by atoms with E-state index >= 15 is 0 Å². The van der Waals surface area contributed by atoms with Crippen molar-refractivity contribution in [1.29, 1.82) is 0 Å². The number of aliphatic hydroxyl groups is 1. The summed E-state index contributed by atoms with van der Waals surface area (Å²) in [5.41, 5.74) is 0. The molecule has 0 aromatic heterocycles. The summed E-state index contributed by atoms with van der Waals surface area (Å²) >= 11 is 0. The van der Waals surface area contributed by atoms with E-state index in [0.717, 1.165) is 25.8 Å². The van der Waals surface area contributed by atoms with Crippen LogP contribution in [0.4, 0.5) is 0 Å². The van der Waals surface area contributed by atoms with Gasteiger partial charge in [-0.1, -0.05) is 19.4 Å². The first-order chi connectivity index (χ1) is 7.27. The van der Waals surface area contributed by atoms with E-state index in [1.807, 2.05) is 6.08 Å². The zero-order valence-electron chi connectivity index (χ0n) is 9.91. The van der Waals surface area contributed by atoms with Crippen molar-refractivity contribution in [3.8, 4) is 0 Å². The minimum Gasteiger partial charge on any atom is -0.393 e. The molecule has 1 aliphatic rings. The minimum atomic E-state index is -0.0607. The van der Waals surface area contributed by atoms with E-state index in [-0.39, 0.29) is 6.10 Å². The molecule has 0 saturated heterocycles. The highest BCUT2D eigenvalue weighted by atomic mass is 16.3. The normalized spacial score (nSPS) is 27.9. The second-order valence-corrected chi connectivity index (χ2v) is 4.64. The van der Waals surface area contributed by atoms with Crippen molar-refractivity contribution in [2.24, 2.45) is 5.92 Å². The van der Waals surface area contributed by atoms with Gasteiger partial charge in [-0.05, 0) is 38.0 Å². The van der Waals surface area contributed by atoms with Crippen molar-refractivity contribution < 1.29 is 5.11 Å². The fourth-order valence-electron chi connectivity index (χ4n) is 2.34. The molecule has 1 rings (SSSR count). The van der Waals surface area contributed by atoms with Gasteiger partial charge in [-0.2, -0.15) is 0 Å². The SMILES string of the molecule is C=CCCC(CC)NCC1CCCC1O. The standard InChI is InChI=1S/C13H25NO/c1-3-5-8-12(4-2)14-10-11-7-6-9-13(11)15/h3,11-15H,1,4-10H2,2H3. The van der Waals surface area contributed by atoms with Crippen LogP contribution in [-0.4, -0.2) is 23.8 Å². The molecule has 0 heterocycles. The lowest BCUT2D eigenvalue weighted by molar-refractivity contribution is 0.129. The number of nitrogens with one attached hydrogen (secondary N) is 1. The zero-order chi connectivity index (χ0) is 11.1. The number of hydrogen-bond donors (Lipinski definition) is 2. The first kappa shape index (κ1) is 12.7. The summed E-state index contributed by atoms with van der Waals surface area (Å²) in [5, 5.41) is 13.3. The van der Waals surface area contributed by atoms with E-state index in [4.69, 9.17) is 0 Å². The molecule has 2 N–H and O–H groups in total. The first-order valence-electron chi connectivity index (χ1n) is 6.30. The Bertz CT molecular complexity index is 181. The molecule has 88 valence electrons. The van der Waals surface area contributed by atoms with E-state index in [1.54, 1.807) is 0 Å². The van der Waals surface area contributed by atoms with Gasteiger partial charge in [0.2, 0.25) is 0 Å². The Labute approximate surface area is 93.8 Å². The third-order valence-electron chi connectivity index (χ3n) is 3.50. The molecule has 0 amide bonds. The first-order valence-corrected chi connectivity index (χ1v) is 6.30. The van der Waals surface area contributed by atoms with Crippen LogP contribution in [0.1, 0.15) is 45.4 Å². The molecule has 3 unspecified atom stereocenters. The molecule has 0 aromatic rings. The van der Waals surface area contributed by atoms with Gasteiger partial charge in [-0.15, -0.1) is 6.58 Å². The van der Waals surface area contributed by atoms with Crippen LogP contribution in [0, 0.1) is 5.92 Å². The number of hydrogen-bond acceptors (Lipinski definition) is 2. The van der Waals surface area contributed by atoms with Crippen LogP contribution >= 0.6 is 0 Å². The molecule has 0 bridgehead atoms. The molecule has 0 radical (unpaired) electrons. The summed E-state index contributed by atoms with van der Waals surface area (Å²) in [6.07, 6.45) is 8.71. The summed E-state index contributed by atoms with van der Waals surface area (Å²) in [7, 11) is 0. The average molecular weight is 211 g/mol. The molecule has 0 aliphatic heterocycles. The van der Waals surface area contributed by atoms with Gasteiger partial charge in [0.05, 0.1) is 6.10 Å². The summed E-state index contributed by atoms with van der Waals surface area (Å²) in [6, 6.07) is 0.593. The smallest absolute Gasteiger partial charge is 0.0580 e. The molecule has 0 spiro atoms. The van der Waals surface area contributed by atoms with Crippen LogP contribution in [-0.2, 0) is 0 Å². The van der Waals surface area contributed by atoms with Gasteiger partial charge in [0.1, 0.15) is 0 Å². The maximum atomic E-state index is 9.69. The van der Waals surface area contributed by atoms with Gasteiger partial charge >= 0.3 is 0 Å². The Morgan fingerprint density at radius 1 is 1.53 bits per heavy atom. The van der Waals surface area contributed by atoms with E-state index in [2.05, 4.69) is 18.8 Å². The third-order valence-corrected chi connectivity index (χ3v) is 3.50. The van der Waals surface area contributed by atoms with Crippen LogP contribution in [0.3, 0.4) is 0 Å². The highest BCUT2D eigenvalue weighted by molar-refractivity contribution is 4.80. The topological polar surface area (TPSA) is 32.3 Å². The molecule has 0 aromatic carbocycles. The van der Waals surface area contributed by atoms with E-state index in [1.165, 1.54) is 19.3 Å².